The Morgan fingerprint density at radius 2 is 2.17 bits per heavy atom. The summed E-state index contributed by atoms with van der Waals surface area (Å²) in [6.07, 6.45) is 3.08. The average molecular weight is 434 g/mol. The molecule has 1 aromatic heterocycles. The molecule has 0 radical (unpaired) electrons. The SMILES string of the molecule is C[C@H]1CN(C(c2ccc(Cl)c(F)c2)C(N)C=O)CCN1c1ncnc2c1CC[C@H]2O. The summed E-state index contributed by atoms with van der Waals surface area (Å²) in [5.41, 5.74) is 8.47. The minimum Gasteiger partial charge on any atom is -0.387 e. The van der Waals surface area contributed by atoms with Gasteiger partial charge in [-0.2, -0.15) is 0 Å². The Bertz CT molecular complexity index is 946. The number of hydrogen-bond acceptors (Lipinski definition) is 7. The van der Waals surface area contributed by atoms with Crippen molar-refractivity contribution in [3.05, 3.63) is 52.2 Å². The largest absolute Gasteiger partial charge is 0.387 e. The number of nitrogens with two attached hydrogens (primary N) is 1. The van der Waals surface area contributed by atoms with E-state index in [1.165, 1.54) is 18.5 Å². The van der Waals surface area contributed by atoms with Crippen LogP contribution in [0.4, 0.5) is 10.2 Å². The van der Waals surface area contributed by atoms with Gasteiger partial charge in [-0.3, -0.25) is 4.90 Å². The number of aliphatic hydroxyl groups excluding tert-OH is 1. The van der Waals surface area contributed by atoms with Crippen LogP contribution in [0, 0.1) is 5.82 Å². The van der Waals surface area contributed by atoms with Crippen LogP contribution in [0.1, 0.15) is 42.3 Å². The normalized spacial score (nSPS) is 23.8. The predicted molar refractivity (Wildman–Crippen MR) is 112 cm³/mol. The summed E-state index contributed by atoms with van der Waals surface area (Å²) in [5.74, 6) is 0.330. The molecule has 1 aliphatic carbocycles. The van der Waals surface area contributed by atoms with Crippen molar-refractivity contribution >= 4 is 23.7 Å². The molecule has 0 amide bonds. The van der Waals surface area contributed by atoms with Gasteiger partial charge in [0.05, 0.1) is 28.9 Å². The third-order valence-corrected chi connectivity index (χ3v) is 6.38. The van der Waals surface area contributed by atoms with Crippen molar-refractivity contribution in [1.29, 1.82) is 0 Å². The van der Waals surface area contributed by atoms with Gasteiger partial charge < -0.3 is 20.5 Å². The maximum Gasteiger partial charge on any atom is 0.142 e. The standard InChI is InChI=1S/C21H25ClFN5O2/c1-12-9-27(20(17(24)10-29)13-2-4-15(22)16(23)8-13)6-7-28(12)21-14-3-5-18(30)19(14)25-11-26-21/h2,4,8,10-12,17-18,20,30H,3,5-7,9,24H2,1H3/t12-,17?,18+,20?/m0/s1. The van der Waals surface area contributed by atoms with E-state index >= 15 is 0 Å². The van der Waals surface area contributed by atoms with Crippen molar-refractivity contribution < 1.29 is 14.3 Å². The van der Waals surface area contributed by atoms with Crippen LogP contribution < -0.4 is 10.6 Å². The van der Waals surface area contributed by atoms with E-state index in [4.69, 9.17) is 17.3 Å². The minimum atomic E-state index is -0.789. The summed E-state index contributed by atoms with van der Waals surface area (Å²) in [6, 6.07) is 3.40. The molecule has 2 heterocycles. The number of aldehydes is 1. The Morgan fingerprint density at radius 1 is 1.37 bits per heavy atom. The maximum atomic E-state index is 14.1. The Balaban J connectivity index is 1.58. The summed E-state index contributed by atoms with van der Waals surface area (Å²) < 4.78 is 14.1. The Kier molecular flexibility index (Phi) is 6.02. The monoisotopic (exact) mass is 433 g/mol. The number of carbonyl (C=O) groups excluding carboxylic acids is 1. The fourth-order valence-electron chi connectivity index (χ4n) is 4.61. The minimum absolute atomic E-state index is 0.0372. The van der Waals surface area contributed by atoms with Crippen molar-refractivity contribution in [3.8, 4) is 0 Å². The summed E-state index contributed by atoms with van der Waals surface area (Å²) in [7, 11) is 0. The highest BCUT2D eigenvalue weighted by molar-refractivity contribution is 6.30. The fourth-order valence-corrected chi connectivity index (χ4v) is 4.73. The van der Waals surface area contributed by atoms with Crippen LogP contribution in [0.5, 0.6) is 0 Å². The molecule has 0 spiro atoms. The third kappa shape index (κ3) is 3.80. The van der Waals surface area contributed by atoms with Crippen LogP contribution in [-0.2, 0) is 11.2 Å². The zero-order valence-corrected chi connectivity index (χ0v) is 17.5. The highest BCUT2D eigenvalue weighted by Crippen LogP contribution is 2.36. The molecule has 1 aromatic carbocycles. The second kappa shape index (κ2) is 8.55. The molecule has 2 unspecified atom stereocenters. The Labute approximate surface area is 179 Å². The first-order chi connectivity index (χ1) is 14.4. The molecule has 1 fully saturated rings. The van der Waals surface area contributed by atoms with Crippen LogP contribution in [0.15, 0.2) is 24.5 Å². The van der Waals surface area contributed by atoms with Crippen molar-refractivity contribution in [2.24, 2.45) is 5.73 Å². The van der Waals surface area contributed by atoms with E-state index in [1.807, 2.05) is 0 Å². The van der Waals surface area contributed by atoms with Gasteiger partial charge in [0.2, 0.25) is 0 Å². The highest BCUT2D eigenvalue weighted by Gasteiger charge is 2.35. The number of piperazine rings is 1. The molecule has 4 atom stereocenters. The van der Waals surface area contributed by atoms with Gasteiger partial charge in [0.25, 0.3) is 0 Å². The lowest BCUT2D eigenvalue weighted by Gasteiger charge is -2.45. The highest BCUT2D eigenvalue weighted by atomic mass is 35.5. The second-order valence-electron chi connectivity index (χ2n) is 7.98. The van der Waals surface area contributed by atoms with Gasteiger partial charge in [0.1, 0.15) is 24.2 Å². The number of anilines is 1. The summed E-state index contributed by atoms with van der Waals surface area (Å²) in [5, 5.41) is 10.2. The number of rotatable bonds is 5. The first-order valence-electron chi connectivity index (χ1n) is 10.1. The van der Waals surface area contributed by atoms with Gasteiger partial charge >= 0.3 is 0 Å². The molecule has 4 rings (SSSR count). The number of hydrogen-bond donors (Lipinski definition) is 2. The average Bonchev–Trinajstić information content (AvgIpc) is 3.12. The predicted octanol–water partition coefficient (Wildman–Crippen LogP) is 2.03. The van der Waals surface area contributed by atoms with Gasteiger partial charge in [-0.15, -0.1) is 0 Å². The Hall–Kier alpha value is -2.13. The lowest BCUT2D eigenvalue weighted by molar-refractivity contribution is -0.110. The van der Waals surface area contributed by atoms with Gasteiger partial charge in [-0.05, 0) is 37.5 Å². The fraction of sp³-hybridized carbons (Fsp3) is 0.476. The van der Waals surface area contributed by atoms with Crippen molar-refractivity contribution in [1.82, 2.24) is 14.9 Å². The third-order valence-electron chi connectivity index (χ3n) is 6.07. The van der Waals surface area contributed by atoms with E-state index < -0.39 is 24.0 Å². The smallest absolute Gasteiger partial charge is 0.142 e. The molecular weight excluding hydrogens is 409 g/mol. The van der Waals surface area contributed by atoms with Crippen molar-refractivity contribution in [2.75, 3.05) is 24.5 Å². The molecular formula is C21H25ClFN5O2. The number of benzene rings is 1. The van der Waals surface area contributed by atoms with E-state index in [9.17, 15) is 14.3 Å². The molecule has 2 aromatic rings. The van der Waals surface area contributed by atoms with Gasteiger partial charge in [0.15, 0.2) is 0 Å². The molecule has 0 saturated carbocycles. The molecule has 7 nitrogen and oxygen atoms in total. The Morgan fingerprint density at radius 3 is 2.87 bits per heavy atom. The summed E-state index contributed by atoms with van der Waals surface area (Å²) in [6.45, 7) is 4.00. The number of nitrogens with zero attached hydrogens (tertiary/aromatic N) is 4. The van der Waals surface area contributed by atoms with E-state index in [2.05, 4.69) is 26.7 Å². The topological polar surface area (TPSA) is 95.6 Å². The van der Waals surface area contributed by atoms with Crippen LogP contribution in [0.3, 0.4) is 0 Å². The van der Waals surface area contributed by atoms with Gasteiger partial charge in [-0.25, -0.2) is 14.4 Å². The van der Waals surface area contributed by atoms with Crippen LogP contribution in [0.25, 0.3) is 0 Å². The van der Waals surface area contributed by atoms with Crippen molar-refractivity contribution in [2.45, 2.75) is 44.0 Å². The summed E-state index contributed by atoms with van der Waals surface area (Å²) >= 11 is 5.83. The molecule has 1 aliphatic heterocycles. The molecule has 3 N–H and O–H groups in total. The van der Waals surface area contributed by atoms with E-state index in [0.717, 1.165) is 17.8 Å². The zero-order chi connectivity index (χ0) is 21.4. The number of carbonyl (C=O) groups is 1. The quantitative estimate of drug-likeness (QED) is 0.696. The van der Waals surface area contributed by atoms with Crippen LogP contribution in [-0.4, -0.2) is 58.0 Å². The zero-order valence-electron chi connectivity index (χ0n) is 16.7. The second-order valence-corrected chi connectivity index (χ2v) is 8.39. The number of aromatic nitrogens is 2. The van der Waals surface area contributed by atoms with E-state index in [-0.39, 0.29) is 11.1 Å². The first kappa shape index (κ1) is 21.1. The van der Waals surface area contributed by atoms with Crippen LogP contribution in [0.2, 0.25) is 5.02 Å². The maximum absolute atomic E-state index is 14.1. The lowest BCUT2D eigenvalue weighted by atomic mass is 9.96. The molecule has 160 valence electrons. The summed E-state index contributed by atoms with van der Waals surface area (Å²) in [4.78, 5) is 24.6. The molecule has 9 heteroatoms. The number of aliphatic hydroxyl groups is 1. The van der Waals surface area contributed by atoms with Gasteiger partial charge in [0, 0.05) is 31.2 Å². The molecule has 2 aliphatic rings. The van der Waals surface area contributed by atoms with Crippen LogP contribution >= 0.6 is 11.6 Å². The first-order valence-corrected chi connectivity index (χ1v) is 10.5. The van der Waals surface area contributed by atoms with Crippen molar-refractivity contribution in [3.63, 3.8) is 0 Å². The lowest BCUT2D eigenvalue weighted by Crippen LogP contribution is -2.56. The number of fused-ring (bicyclic) bond motifs is 1. The molecule has 30 heavy (non-hydrogen) atoms. The van der Waals surface area contributed by atoms with E-state index in [1.54, 1.807) is 6.07 Å². The molecule has 0 bridgehead atoms. The number of halogens is 2. The van der Waals surface area contributed by atoms with E-state index in [0.29, 0.717) is 43.6 Å². The van der Waals surface area contributed by atoms with Gasteiger partial charge in [-0.1, -0.05) is 17.7 Å². The molecule has 1 saturated heterocycles.